The standard InChI is InChI=1S/C22H30FN3OS/c1-15-16(2)26(20-11-6-5-7-12-20)22(24-15)28-17(3)21(27)25(4)14-18-9-8-10-19(23)13-18/h8-10,13,17,20H,5-7,11-12,14H2,1-4H3/t17-/m1/s1. The van der Waals surface area contributed by atoms with Crippen molar-refractivity contribution in [1.29, 1.82) is 0 Å². The largest absolute Gasteiger partial charge is 0.340 e. The van der Waals surface area contributed by atoms with Crippen LogP contribution < -0.4 is 0 Å². The minimum atomic E-state index is -0.277. The molecule has 3 rings (SSSR count). The zero-order valence-corrected chi connectivity index (χ0v) is 18.1. The fourth-order valence-corrected chi connectivity index (χ4v) is 5.14. The van der Waals surface area contributed by atoms with Gasteiger partial charge in [-0.15, -0.1) is 0 Å². The van der Waals surface area contributed by atoms with Crippen molar-refractivity contribution in [3.63, 3.8) is 0 Å². The summed E-state index contributed by atoms with van der Waals surface area (Å²) in [5.74, 6) is -0.246. The van der Waals surface area contributed by atoms with Crippen LogP contribution in [0.5, 0.6) is 0 Å². The number of benzene rings is 1. The van der Waals surface area contributed by atoms with E-state index in [0.717, 1.165) is 16.4 Å². The predicted molar refractivity (Wildman–Crippen MR) is 112 cm³/mol. The zero-order valence-electron chi connectivity index (χ0n) is 17.2. The molecular weight excluding hydrogens is 373 g/mol. The van der Waals surface area contributed by atoms with Gasteiger partial charge in [0.1, 0.15) is 5.82 Å². The SMILES string of the molecule is Cc1nc(S[C@H](C)C(=O)N(C)Cc2cccc(F)c2)n(C2CCCCC2)c1C. The fourth-order valence-electron chi connectivity index (χ4n) is 3.95. The van der Waals surface area contributed by atoms with Crippen LogP contribution in [0.25, 0.3) is 0 Å². The smallest absolute Gasteiger partial charge is 0.235 e. The Kier molecular flexibility index (Phi) is 6.81. The summed E-state index contributed by atoms with van der Waals surface area (Å²) in [6, 6.07) is 6.90. The Bertz CT molecular complexity index is 829. The number of hydrogen-bond acceptors (Lipinski definition) is 3. The minimum Gasteiger partial charge on any atom is -0.340 e. The van der Waals surface area contributed by atoms with Gasteiger partial charge < -0.3 is 9.47 Å². The van der Waals surface area contributed by atoms with E-state index in [4.69, 9.17) is 4.98 Å². The molecule has 1 aromatic carbocycles. The van der Waals surface area contributed by atoms with Gasteiger partial charge in [0.15, 0.2) is 5.16 Å². The van der Waals surface area contributed by atoms with Crippen LogP contribution in [0.3, 0.4) is 0 Å². The van der Waals surface area contributed by atoms with Crippen LogP contribution >= 0.6 is 11.8 Å². The van der Waals surface area contributed by atoms with Crippen molar-refractivity contribution in [3.8, 4) is 0 Å². The number of aryl methyl sites for hydroxylation is 1. The summed E-state index contributed by atoms with van der Waals surface area (Å²) >= 11 is 1.54. The summed E-state index contributed by atoms with van der Waals surface area (Å²) in [5.41, 5.74) is 3.05. The molecule has 1 aromatic heterocycles. The quantitative estimate of drug-likeness (QED) is 0.616. The summed E-state index contributed by atoms with van der Waals surface area (Å²) in [6.45, 7) is 6.50. The molecular formula is C22H30FN3OS. The van der Waals surface area contributed by atoms with Crippen molar-refractivity contribution in [2.24, 2.45) is 0 Å². The van der Waals surface area contributed by atoms with E-state index < -0.39 is 0 Å². The van der Waals surface area contributed by atoms with Crippen LogP contribution in [0.1, 0.15) is 62.0 Å². The molecule has 0 aliphatic heterocycles. The van der Waals surface area contributed by atoms with Crippen LogP contribution in [0, 0.1) is 19.7 Å². The van der Waals surface area contributed by atoms with E-state index >= 15 is 0 Å². The highest BCUT2D eigenvalue weighted by Gasteiger charge is 2.26. The van der Waals surface area contributed by atoms with E-state index in [-0.39, 0.29) is 17.0 Å². The summed E-state index contributed by atoms with van der Waals surface area (Å²) < 4.78 is 15.8. The maximum absolute atomic E-state index is 13.4. The molecule has 1 heterocycles. The highest BCUT2D eigenvalue weighted by molar-refractivity contribution is 8.00. The molecule has 1 fully saturated rings. The van der Waals surface area contributed by atoms with Gasteiger partial charge in [-0.25, -0.2) is 9.37 Å². The van der Waals surface area contributed by atoms with Crippen LogP contribution in [0.15, 0.2) is 29.4 Å². The van der Waals surface area contributed by atoms with Crippen molar-refractivity contribution < 1.29 is 9.18 Å². The van der Waals surface area contributed by atoms with Crippen LogP contribution in [0.4, 0.5) is 4.39 Å². The number of amides is 1. The Morgan fingerprint density at radius 1 is 1.32 bits per heavy atom. The summed E-state index contributed by atoms with van der Waals surface area (Å²) in [5, 5.41) is 0.698. The number of thioether (sulfide) groups is 1. The predicted octanol–water partition coefficient (Wildman–Crippen LogP) is 5.28. The van der Waals surface area contributed by atoms with E-state index in [1.165, 1.54) is 61.7 Å². The van der Waals surface area contributed by atoms with E-state index in [9.17, 15) is 9.18 Å². The average molecular weight is 404 g/mol. The Morgan fingerprint density at radius 2 is 2.04 bits per heavy atom. The molecule has 1 atom stereocenters. The molecule has 0 N–H and O–H groups in total. The number of imidazole rings is 1. The molecule has 152 valence electrons. The van der Waals surface area contributed by atoms with Crippen molar-refractivity contribution >= 4 is 17.7 Å². The van der Waals surface area contributed by atoms with Crippen molar-refractivity contribution in [1.82, 2.24) is 14.5 Å². The van der Waals surface area contributed by atoms with Gasteiger partial charge in [0.25, 0.3) is 0 Å². The molecule has 1 aliphatic carbocycles. The number of aromatic nitrogens is 2. The minimum absolute atomic E-state index is 0.0303. The third-order valence-electron chi connectivity index (χ3n) is 5.61. The molecule has 0 spiro atoms. The molecule has 1 aliphatic rings. The second-order valence-electron chi connectivity index (χ2n) is 7.81. The maximum atomic E-state index is 13.4. The third kappa shape index (κ3) is 4.77. The van der Waals surface area contributed by atoms with E-state index in [1.54, 1.807) is 18.0 Å². The third-order valence-corrected chi connectivity index (χ3v) is 6.66. The molecule has 0 saturated heterocycles. The van der Waals surface area contributed by atoms with Gasteiger partial charge >= 0.3 is 0 Å². The van der Waals surface area contributed by atoms with Gasteiger partial charge in [-0.1, -0.05) is 43.2 Å². The molecule has 4 nitrogen and oxygen atoms in total. The lowest BCUT2D eigenvalue weighted by atomic mass is 9.95. The monoisotopic (exact) mass is 403 g/mol. The Morgan fingerprint density at radius 3 is 2.71 bits per heavy atom. The Labute approximate surface area is 171 Å². The molecule has 0 bridgehead atoms. The van der Waals surface area contributed by atoms with Gasteiger partial charge in [0.2, 0.25) is 5.91 Å². The van der Waals surface area contributed by atoms with Crippen LogP contribution in [-0.2, 0) is 11.3 Å². The summed E-state index contributed by atoms with van der Waals surface area (Å²) in [4.78, 5) is 19.3. The van der Waals surface area contributed by atoms with Crippen molar-refractivity contribution in [2.45, 2.75) is 75.9 Å². The average Bonchev–Trinajstić information content (AvgIpc) is 2.95. The van der Waals surface area contributed by atoms with Gasteiger partial charge in [-0.3, -0.25) is 4.79 Å². The summed E-state index contributed by atoms with van der Waals surface area (Å²) in [6.07, 6.45) is 6.20. The first kappa shape index (κ1) is 20.9. The molecule has 0 radical (unpaired) electrons. The fraction of sp³-hybridized carbons (Fsp3) is 0.545. The lowest BCUT2D eigenvalue weighted by molar-refractivity contribution is -0.129. The van der Waals surface area contributed by atoms with E-state index in [0.29, 0.717) is 12.6 Å². The Balaban J connectivity index is 1.70. The normalized spacial score (nSPS) is 16.2. The second-order valence-corrected chi connectivity index (χ2v) is 9.12. The lowest BCUT2D eigenvalue weighted by Gasteiger charge is -2.27. The molecule has 0 unspecified atom stereocenters. The van der Waals surface area contributed by atoms with Gasteiger partial charge in [-0.2, -0.15) is 0 Å². The number of halogens is 1. The maximum Gasteiger partial charge on any atom is 0.235 e. The zero-order chi connectivity index (χ0) is 20.3. The highest BCUT2D eigenvalue weighted by Crippen LogP contribution is 2.35. The van der Waals surface area contributed by atoms with Gasteiger partial charge in [0, 0.05) is 25.3 Å². The van der Waals surface area contributed by atoms with Crippen molar-refractivity contribution in [2.75, 3.05) is 7.05 Å². The van der Waals surface area contributed by atoms with Gasteiger partial charge in [0.05, 0.1) is 10.9 Å². The second kappa shape index (κ2) is 9.12. The highest BCUT2D eigenvalue weighted by atomic mass is 32.2. The topological polar surface area (TPSA) is 38.1 Å². The molecule has 1 saturated carbocycles. The van der Waals surface area contributed by atoms with Gasteiger partial charge in [-0.05, 0) is 51.3 Å². The Hall–Kier alpha value is -1.82. The molecule has 1 amide bonds. The number of carbonyl (C=O) groups is 1. The number of carbonyl (C=O) groups excluding carboxylic acids is 1. The molecule has 6 heteroatoms. The van der Waals surface area contributed by atoms with Crippen LogP contribution in [-0.4, -0.2) is 32.7 Å². The van der Waals surface area contributed by atoms with E-state index in [1.807, 2.05) is 19.9 Å². The number of rotatable bonds is 6. The van der Waals surface area contributed by atoms with Crippen LogP contribution in [0.2, 0.25) is 0 Å². The molecule has 28 heavy (non-hydrogen) atoms. The summed E-state index contributed by atoms with van der Waals surface area (Å²) in [7, 11) is 1.77. The number of nitrogens with zero attached hydrogens (tertiary/aromatic N) is 3. The van der Waals surface area contributed by atoms with Crippen molar-refractivity contribution in [3.05, 3.63) is 47.0 Å². The molecule has 2 aromatic rings. The first-order valence-electron chi connectivity index (χ1n) is 10.1. The van der Waals surface area contributed by atoms with E-state index in [2.05, 4.69) is 11.5 Å². The first-order valence-corrected chi connectivity index (χ1v) is 11.0. The first-order chi connectivity index (χ1) is 13.4. The number of hydrogen-bond donors (Lipinski definition) is 0. The lowest BCUT2D eigenvalue weighted by Crippen LogP contribution is -2.33.